The molecule has 3 nitrogen and oxygen atoms in total. The molecule has 0 bridgehead atoms. The minimum Gasteiger partial charge on any atom is -0.492 e. The fraction of sp³-hybridized carbons (Fsp3) is 0.533. The molecule has 1 rings (SSSR count). The maximum absolute atomic E-state index is 13.5. The van der Waals surface area contributed by atoms with Crippen molar-refractivity contribution in [2.24, 2.45) is 0 Å². The van der Waals surface area contributed by atoms with E-state index in [1.807, 2.05) is 0 Å². The summed E-state index contributed by atoms with van der Waals surface area (Å²) in [4.78, 5) is 10.9. The second kappa shape index (κ2) is 7.89. The molecular formula is C15H22FNO2. The molecule has 0 heterocycles. The Morgan fingerprint density at radius 2 is 2.16 bits per heavy atom. The number of aryl methyl sites for hydroxylation is 1. The smallest absolute Gasteiger partial charge is 0.130 e. The predicted molar refractivity (Wildman–Crippen MR) is 74.0 cm³/mol. The Bertz CT molecular complexity index is 419. The van der Waals surface area contributed by atoms with Gasteiger partial charge in [-0.3, -0.25) is 0 Å². The third kappa shape index (κ3) is 6.34. The number of ether oxygens (including phenoxy) is 1. The van der Waals surface area contributed by atoms with Gasteiger partial charge in [0.15, 0.2) is 0 Å². The number of hydrogen-bond acceptors (Lipinski definition) is 3. The highest BCUT2D eigenvalue weighted by Gasteiger charge is 2.06. The quantitative estimate of drug-likeness (QED) is 0.736. The highest BCUT2D eigenvalue weighted by Crippen LogP contribution is 2.18. The van der Waals surface area contributed by atoms with Gasteiger partial charge in [0.25, 0.3) is 0 Å². The molecule has 0 saturated carbocycles. The summed E-state index contributed by atoms with van der Waals surface area (Å²) in [6.07, 6.45) is 0.776. The van der Waals surface area contributed by atoms with Crippen molar-refractivity contribution in [3.05, 3.63) is 29.6 Å². The van der Waals surface area contributed by atoms with Crippen molar-refractivity contribution in [3.63, 3.8) is 0 Å². The Balaban J connectivity index is 2.50. The standard InChI is InChI=1S/C15H22FNO2/c1-11(2)17-8-9-19-14-6-7-15(16)13(10-14)5-4-12(3)18/h6-7,10-11,17H,4-5,8-9H2,1-3H3. The van der Waals surface area contributed by atoms with Crippen LogP contribution in [-0.4, -0.2) is 25.0 Å². The topological polar surface area (TPSA) is 38.3 Å². The Hall–Kier alpha value is -1.42. The maximum Gasteiger partial charge on any atom is 0.130 e. The summed E-state index contributed by atoms with van der Waals surface area (Å²) in [6.45, 7) is 6.93. The fourth-order valence-electron chi connectivity index (χ4n) is 1.66. The highest BCUT2D eigenvalue weighted by molar-refractivity contribution is 5.75. The molecule has 0 radical (unpaired) electrons. The Morgan fingerprint density at radius 3 is 2.79 bits per heavy atom. The molecule has 0 spiro atoms. The first-order valence-electron chi connectivity index (χ1n) is 6.63. The van der Waals surface area contributed by atoms with E-state index in [0.29, 0.717) is 36.8 Å². The summed E-state index contributed by atoms with van der Waals surface area (Å²) >= 11 is 0. The van der Waals surface area contributed by atoms with Gasteiger partial charge in [0, 0.05) is 19.0 Å². The number of carbonyl (C=O) groups excluding carboxylic acids is 1. The normalized spacial score (nSPS) is 10.8. The fourth-order valence-corrected chi connectivity index (χ4v) is 1.66. The molecule has 1 aromatic carbocycles. The maximum atomic E-state index is 13.5. The van der Waals surface area contributed by atoms with Gasteiger partial charge in [-0.25, -0.2) is 4.39 Å². The monoisotopic (exact) mass is 267 g/mol. The molecule has 0 saturated heterocycles. The summed E-state index contributed by atoms with van der Waals surface area (Å²) in [5, 5.41) is 3.24. The van der Waals surface area contributed by atoms with E-state index in [1.54, 1.807) is 12.1 Å². The average molecular weight is 267 g/mol. The van der Waals surface area contributed by atoms with Gasteiger partial charge >= 0.3 is 0 Å². The zero-order chi connectivity index (χ0) is 14.3. The minimum atomic E-state index is -0.283. The molecule has 1 N–H and O–H groups in total. The zero-order valence-corrected chi connectivity index (χ0v) is 11.8. The van der Waals surface area contributed by atoms with E-state index >= 15 is 0 Å². The number of Topliss-reactive ketones (excluding diaryl/α,β-unsaturated/α-hetero) is 1. The number of nitrogens with one attached hydrogen (secondary N) is 1. The number of halogens is 1. The van der Waals surface area contributed by atoms with Crippen LogP contribution >= 0.6 is 0 Å². The molecular weight excluding hydrogens is 245 g/mol. The van der Waals surface area contributed by atoms with E-state index in [2.05, 4.69) is 19.2 Å². The summed E-state index contributed by atoms with van der Waals surface area (Å²) in [5.41, 5.74) is 0.532. The Morgan fingerprint density at radius 1 is 1.42 bits per heavy atom. The number of carbonyl (C=O) groups is 1. The van der Waals surface area contributed by atoms with Gasteiger partial charge < -0.3 is 14.8 Å². The zero-order valence-electron chi connectivity index (χ0n) is 11.8. The first kappa shape index (κ1) is 15.6. The van der Waals surface area contributed by atoms with E-state index in [-0.39, 0.29) is 11.6 Å². The van der Waals surface area contributed by atoms with E-state index < -0.39 is 0 Å². The number of rotatable bonds is 8. The van der Waals surface area contributed by atoms with Crippen LogP contribution in [-0.2, 0) is 11.2 Å². The second-order valence-corrected chi connectivity index (χ2v) is 4.91. The first-order chi connectivity index (χ1) is 8.99. The van der Waals surface area contributed by atoms with Crippen LogP contribution in [0.5, 0.6) is 5.75 Å². The van der Waals surface area contributed by atoms with Gasteiger partial charge in [0.05, 0.1) is 0 Å². The largest absolute Gasteiger partial charge is 0.492 e. The van der Waals surface area contributed by atoms with Crippen LogP contribution in [0.15, 0.2) is 18.2 Å². The highest BCUT2D eigenvalue weighted by atomic mass is 19.1. The molecule has 0 amide bonds. The van der Waals surface area contributed by atoms with Crippen molar-refractivity contribution < 1.29 is 13.9 Å². The summed E-state index contributed by atoms with van der Waals surface area (Å²) in [5.74, 6) is 0.422. The summed E-state index contributed by atoms with van der Waals surface area (Å²) in [7, 11) is 0. The van der Waals surface area contributed by atoms with Crippen molar-refractivity contribution in [1.82, 2.24) is 5.32 Å². The Labute approximate surface area is 114 Å². The minimum absolute atomic E-state index is 0.0619. The molecule has 0 aliphatic carbocycles. The van der Waals surface area contributed by atoms with Crippen LogP contribution in [0.3, 0.4) is 0 Å². The van der Waals surface area contributed by atoms with Crippen molar-refractivity contribution in [2.75, 3.05) is 13.2 Å². The van der Waals surface area contributed by atoms with Crippen molar-refractivity contribution in [3.8, 4) is 5.75 Å². The van der Waals surface area contributed by atoms with Gasteiger partial charge in [0.2, 0.25) is 0 Å². The van der Waals surface area contributed by atoms with Crippen LogP contribution in [0, 0.1) is 5.82 Å². The molecule has 106 valence electrons. The van der Waals surface area contributed by atoms with E-state index in [1.165, 1.54) is 13.0 Å². The summed E-state index contributed by atoms with van der Waals surface area (Å²) < 4.78 is 19.1. The molecule has 19 heavy (non-hydrogen) atoms. The lowest BCUT2D eigenvalue weighted by Gasteiger charge is -2.11. The van der Waals surface area contributed by atoms with Crippen LogP contribution in [0.4, 0.5) is 4.39 Å². The van der Waals surface area contributed by atoms with Crippen molar-refractivity contribution in [1.29, 1.82) is 0 Å². The first-order valence-corrected chi connectivity index (χ1v) is 6.63. The molecule has 0 aromatic heterocycles. The number of ketones is 1. The lowest BCUT2D eigenvalue weighted by atomic mass is 10.1. The molecule has 4 heteroatoms. The third-order valence-electron chi connectivity index (χ3n) is 2.69. The molecule has 0 aliphatic rings. The lowest BCUT2D eigenvalue weighted by Crippen LogP contribution is -2.27. The second-order valence-electron chi connectivity index (χ2n) is 4.91. The van der Waals surface area contributed by atoms with Crippen LogP contribution in [0.2, 0.25) is 0 Å². The predicted octanol–water partition coefficient (Wildman–Crippen LogP) is 2.72. The SMILES string of the molecule is CC(=O)CCc1cc(OCCNC(C)C)ccc1F. The van der Waals surface area contributed by atoms with Crippen LogP contribution < -0.4 is 10.1 Å². The lowest BCUT2D eigenvalue weighted by molar-refractivity contribution is -0.116. The van der Waals surface area contributed by atoms with E-state index in [0.717, 1.165) is 6.54 Å². The van der Waals surface area contributed by atoms with Gasteiger partial charge in [-0.05, 0) is 37.1 Å². The van der Waals surface area contributed by atoms with Gasteiger partial charge in [-0.1, -0.05) is 13.8 Å². The third-order valence-corrected chi connectivity index (χ3v) is 2.69. The number of hydrogen-bond donors (Lipinski definition) is 1. The van der Waals surface area contributed by atoms with E-state index in [4.69, 9.17) is 4.74 Å². The average Bonchev–Trinajstić information content (AvgIpc) is 2.34. The molecule has 0 atom stereocenters. The van der Waals surface area contributed by atoms with Gasteiger partial charge in [-0.2, -0.15) is 0 Å². The van der Waals surface area contributed by atoms with E-state index in [9.17, 15) is 9.18 Å². The molecule has 0 unspecified atom stereocenters. The number of benzene rings is 1. The van der Waals surface area contributed by atoms with Gasteiger partial charge in [0.1, 0.15) is 24.0 Å². The summed E-state index contributed by atoms with van der Waals surface area (Å²) in [6, 6.07) is 5.10. The van der Waals surface area contributed by atoms with Crippen molar-refractivity contribution in [2.45, 2.75) is 39.7 Å². The molecule has 0 aliphatic heterocycles. The Kier molecular flexibility index (Phi) is 6.50. The molecule has 0 fully saturated rings. The van der Waals surface area contributed by atoms with Crippen LogP contribution in [0.25, 0.3) is 0 Å². The van der Waals surface area contributed by atoms with Crippen molar-refractivity contribution >= 4 is 5.78 Å². The molecule has 1 aromatic rings. The van der Waals surface area contributed by atoms with Crippen LogP contribution in [0.1, 0.15) is 32.8 Å². The van der Waals surface area contributed by atoms with Gasteiger partial charge in [-0.15, -0.1) is 0 Å².